The van der Waals surface area contributed by atoms with Crippen LogP contribution in [0.25, 0.3) is 45.4 Å². The third-order valence-electron chi connectivity index (χ3n) is 9.98. The second kappa shape index (κ2) is 9.73. The van der Waals surface area contributed by atoms with Crippen molar-refractivity contribution >= 4 is 0 Å². The van der Waals surface area contributed by atoms with Gasteiger partial charge in [0.25, 0.3) is 0 Å². The van der Waals surface area contributed by atoms with E-state index in [0.717, 1.165) is 22.4 Å². The molecule has 2 saturated carbocycles. The molecule has 4 heteroatoms. The zero-order valence-electron chi connectivity index (χ0n) is 23.4. The minimum absolute atomic E-state index is 0.391. The lowest BCUT2D eigenvalue weighted by Crippen LogP contribution is -2.24. The Kier molecular flexibility index (Phi) is 5.84. The molecule has 0 aliphatic heterocycles. The van der Waals surface area contributed by atoms with Crippen molar-refractivity contribution in [3.63, 3.8) is 0 Å². The molecular weight excluding hydrogens is 500 g/mol. The maximum atomic E-state index is 4.96. The molecule has 2 aromatic heterocycles. The van der Waals surface area contributed by atoms with Gasteiger partial charge < -0.3 is 0 Å². The van der Waals surface area contributed by atoms with E-state index in [4.69, 9.17) is 19.9 Å². The van der Waals surface area contributed by atoms with Gasteiger partial charge >= 0.3 is 0 Å². The lowest BCUT2D eigenvalue weighted by Gasteiger charge is -2.29. The maximum absolute atomic E-state index is 4.96. The lowest BCUT2D eigenvalue weighted by molar-refractivity contribution is 0.324. The van der Waals surface area contributed by atoms with Crippen LogP contribution in [0.1, 0.15) is 68.9 Å². The zero-order valence-corrected chi connectivity index (χ0v) is 23.4. The Morgan fingerprint density at radius 3 is 1.51 bits per heavy atom. The zero-order chi connectivity index (χ0) is 27.3. The van der Waals surface area contributed by atoms with Gasteiger partial charge in [-0.05, 0) is 72.3 Å². The molecule has 2 fully saturated rings. The minimum Gasteiger partial charge on any atom is -0.255 e. The summed E-state index contributed by atoms with van der Waals surface area (Å²) in [6.45, 7) is 0. The molecule has 3 aliphatic carbocycles. The van der Waals surface area contributed by atoms with Gasteiger partial charge in [0.15, 0.2) is 17.5 Å². The van der Waals surface area contributed by atoms with E-state index in [1.54, 1.807) is 11.1 Å². The summed E-state index contributed by atoms with van der Waals surface area (Å²) in [6.07, 6.45) is 14.2. The Hall–Kier alpha value is -4.18. The molecule has 8 rings (SSSR count). The smallest absolute Gasteiger partial charge is 0.165 e. The summed E-state index contributed by atoms with van der Waals surface area (Å²) >= 11 is 0. The van der Waals surface area contributed by atoms with Crippen LogP contribution in [0.3, 0.4) is 0 Å². The van der Waals surface area contributed by atoms with Gasteiger partial charge in [0.1, 0.15) is 0 Å². The summed E-state index contributed by atoms with van der Waals surface area (Å²) in [6, 6.07) is 31.7. The molecule has 0 atom stereocenters. The van der Waals surface area contributed by atoms with Crippen molar-refractivity contribution in [1.29, 1.82) is 0 Å². The van der Waals surface area contributed by atoms with E-state index in [2.05, 4.69) is 30.3 Å². The molecule has 0 bridgehead atoms. The Morgan fingerprint density at radius 2 is 0.976 bits per heavy atom. The van der Waals surface area contributed by atoms with Gasteiger partial charge in [0, 0.05) is 28.5 Å². The van der Waals surface area contributed by atoms with Crippen molar-refractivity contribution in [3.8, 4) is 45.4 Å². The molecule has 0 amide bonds. The largest absolute Gasteiger partial charge is 0.255 e. The fraction of sp³-hybridized carbons (Fsp3) is 0.297. The average Bonchev–Trinajstić information content (AvgIpc) is 3.78. The summed E-state index contributed by atoms with van der Waals surface area (Å²) in [5, 5.41) is 0. The number of aromatic nitrogens is 4. The lowest BCUT2D eigenvalue weighted by atomic mass is 9.75. The molecule has 0 saturated heterocycles. The molecule has 0 radical (unpaired) electrons. The van der Waals surface area contributed by atoms with Gasteiger partial charge in [-0.2, -0.15) is 0 Å². The van der Waals surface area contributed by atoms with Gasteiger partial charge in [-0.25, -0.2) is 15.0 Å². The second-order valence-electron chi connectivity index (χ2n) is 12.4. The summed E-state index contributed by atoms with van der Waals surface area (Å²) in [5.41, 5.74) is 9.18. The first-order chi connectivity index (χ1) is 20.2. The van der Waals surface area contributed by atoms with Crippen LogP contribution in [0, 0.1) is 0 Å². The maximum Gasteiger partial charge on any atom is 0.165 e. The van der Waals surface area contributed by atoms with Crippen molar-refractivity contribution in [2.24, 2.45) is 0 Å². The molecule has 202 valence electrons. The standard InChI is InChI=1S/C37H34N4/c1-3-11-26(12-4-1)33-39-34(27-13-5-2-6-14-27)41-35(40-33)29-16-18-32(38-24-29)28-15-17-30-31(23-28)37(21-9-10-22-37)25-36(30)19-7-8-20-36/h1-6,11-18,23-24H,7-10,19-22,25H2. The molecule has 4 nitrogen and oxygen atoms in total. The Labute approximate surface area is 242 Å². The number of rotatable bonds is 4. The molecule has 3 aromatic carbocycles. The molecule has 0 unspecified atom stereocenters. The summed E-state index contributed by atoms with van der Waals surface area (Å²) in [4.78, 5) is 19.5. The first-order valence-corrected chi connectivity index (χ1v) is 15.2. The molecule has 2 spiro atoms. The van der Waals surface area contributed by atoms with Crippen LogP contribution in [-0.4, -0.2) is 19.9 Å². The van der Waals surface area contributed by atoms with Crippen LogP contribution < -0.4 is 0 Å². The van der Waals surface area contributed by atoms with Gasteiger partial charge in [-0.3, -0.25) is 4.98 Å². The SMILES string of the molecule is c1ccc(-c2nc(-c3ccccc3)nc(-c3ccc(-c4ccc5c(c4)C4(CCCC4)CC54CCCC4)nc3)n2)cc1. The van der Waals surface area contributed by atoms with E-state index in [0.29, 0.717) is 28.3 Å². The highest BCUT2D eigenvalue weighted by molar-refractivity contribution is 5.69. The van der Waals surface area contributed by atoms with Gasteiger partial charge in [0.05, 0.1) is 5.69 Å². The van der Waals surface area contributed by atoms with E-state index >= 15 is 0 Å². The Morgan fingerprint density at radius 1 is 0.463 bits per heavy atom. The number of benzene rings is 3. The summed E-state index contributed by atoms with van der Waals surface area (Å²) in [7, 11) is 0. The topological polar surface area (TPSA) is 51.6 Å². The van der Waals surface area contributed by atoms with Gasteiger partial charge in [-0.15, -0.1) is 0 Å². The molecule has 3 aliphatic rings. The van der Waals surface area contributed by atoms with E-state index in [9.17, 15) is 0 Å². The van der Waals surface area contributed by atoms with Crippen LogP contribution in [0.15, 0.2) is 97.2 Å². The minimum atomic E-state index is 0.391. The van der Waals surface area contributed by atoms with Crippen LogP contribution in [0.5, 0.6) is 0 Å². The third kappa shape index (κ3) is 4.20. The van der Waals surface area contributed by atoms with E-state index in [1.807, 2.05) is 66.9 Å². The molecule has 41 heavy (non-hydrogen) atoms. The van der Waals surface area contributed by atoms with Crippen LogP contribution >= 0.6 is 0 Å². The normalized spacial score (nSPS) is 18.2. The van der Waals surface area contributed by atoms with Crippen molar-refractivity contribution < 1.29 is 0 Å². The van der Waals surface area contributed by atoms with E-state index < -0.39 is 0 Å². The van der Waals surface area contributed by atoms with Crippen LogP contribution in [0.4, 0.5) is 0 Å². The van der Waals surface area contributed by atoms with Crippen molar-refractivity contribution in [1.82, 2.24) is 19.9 Å². The van der Waals surface area contributed by atoms with E-state index in [1.165, 1.54) is 63.4 Å². The average molecular weight is 535 g/mol. The fourth-order valence-corrected chi connectivity index (χ4v) is 8.07. The Bertz CT molecular complexity index is 1640. The van der Waals surface area contributed by atoms with Crippen molar-refractivity contribution in [3.05, 3.63) is 108 Å². The van der Waals surface area contributed by atoms with Crippen molar-refractivity contribution in [2.75, 3.05) is 0 Å². The summed E-state index contributed by atoms with van der Waals surface area (Å²) in [5.74, 6) is 1.97. The number of pyridine rings is 1. The predicted octanol–water partition coefficient (Wildman–Crippen LogP) is 8.96. The molecule has 0 N–H and O–H groups in total. The number of fused-ring (bicyclic) bond motifs is 3. The quantitative estimate of drug-likeness (QED) is 0.231. The molecular formula is C37H34N4. The predicted molar refractivity (Wildman–Crippen MR) is 164 cm³/mol. The van der Waals surface area contributed by atoms with Gasteiger partial charge in [0.2, 0.25) is 0 Å². The number of hydrogen-bond acceptors (Lipinski definition) is 4. The van der Waals surface area contributed by atoms with Crippen LogP contribution in [0.2, 0.25) is 0 Å². The number of hydrogen-bond donors (Lipinski definition) is 0. The second-order valence-corrected chi connectivity index (χ2v) is 12.4. The first kappa shape index (κ1) is 24.6. The highest BCUT2D eigenvalue weighted by Crippen LogP contribution is 2.62. The molecule has 2 heterocycles. The van der Waals surface area contributed by atoms with Crippen molar-refractivity contribution in [2.45, 2.75) is 68.6 Å². The molecule has 5 aromatic rings. The van der Waals surface area contributed by atoms with Crippen LogP contribution in [-0.2, 0) is 10.8 Å². The number of nitrogens with zero attached hydrogens (tertiary/aromatic N) is 4. The highest BCUT2D eigenvalue weighted by atomic mass is 15.0. The summed E-state index contributed by atoms with van der Waals surface area (Å²) < 4.78 is 0. The monoisotopic (exact) mass is 534 g/mol. The van der Waals surface area contributed by atoms with E-state index in [-0.39, 0.29) is 0 Å². The first-order valence-electron chi connectivity index (χ1n) is 15.2. The Balaban J connectivity index is 1.17. The van der Waals surface area contributed by atoms with Gasteiger partial charge in [-0.1, -0.05) is 98.5 Å². The highest BCUT2D eigenvalue weighted by Gasteiger charge is 2.53. The third-order valence-corrected chi connectivity index (χ3v) is 9.98. The fourth-order valence-electron chi connectivity index (χ4n) is 8.07.